The Labute approximate surface area is 162 Å². The van der Waals surface area contributed by atoms with Crippen LogP contribution in [0.4, 0.5) is 11.4 Å². The summed E-state index contributed by atoms with van der Waals surface area (Å²) in [4.78, 5) is 4.10. The Morgan fingerprint density at radius 3 is 2.71 bits per heavy atom. The minimum absolute atomic E-state index is 0.706. The van der Waals surface area contributed by atoms with Crippen molar-refractivity contribution in [3.8, 4) is 17.0 Å². The fourth-order valence-corrected chi connectivity index (χ4v) is 2.87. The number of anilines is 2. The summed E-state index contributed by atoms with van der Waals surface area (Å²) in [5.74, 6) is 0.814. The third-order valence-corrected chi connectivity index (χ3v) is 4.31. The van der Waals surface area contributed by atoms with Crippen LogP contribution in [0.2, 0.25) is 0 Å². The number of pyridine rings is 1. The fourth-order valence-electron chi connectivity index (χ4n) is 2.87. The second-order valence-electron chi connectivity index (χ2n) is 6.22. The first-order valence-corrected chi connectivity index (χ1v) is 9.07. The van der Waals surface area contributed by atoms with Crippen LogP contribution in [0.15, 0.2) is 61.2 Å². The van der Waals surface area contributed by atoms with E-state index in [0.717, 1.165) is 47.9 Å². The summed E-state index contributed by atoms with van der Waals surface area (Å²) in [6.07, 6.45) is 6.13. The molecule has 0 aliphatic carbocycles. The number of hydrogen-bond acceptors (Lipinski definition) is 7. The molecule has 4 aromatic rings. The number of methoxy groups -OCH3 is 1. The van der Waals surface area contributed by atoms with Crippen molar-refractivity contribution in [1.29, 1.82) is 0 Å². The van der Waals surface area contributed by atoms with Crippen LogP contribution < -0.4 is 15.4 Å². The lowest BCUT2D eigenvalue weighted by atomic mass is 10.1. The van der Waals surface area contributed by atoms with E-state index in [0.29, 0.717) is 5.65 Å². The molecule has 0 amide bonds. The quantitative estimate of drug-likeness (QED) is 0.457. The van der Waals surface area contributed by atoms with Crippen molar-refractivity contribution in [2.45, 2.75) is 6.42 Å². The van der Waals surface area contributed by atoms with Crippen molar-refractivity contribution in [2.24, 2.45) is 0 Å². The lowest BCUT2D eigenvalue weighted by molar-refractivity contribution is 0.415. The molecule has 28 heavy (non-hydrogen) atoms. The minimum atomic E-state index is 0.706. The molecule has 2 N–H and O–H groups in total. The molecule has 0 saturated heterocycles. The Morgan fingerprint density at radius 1 is 1.07 bits per heavy atom. The molecule has 0 bridgehead atoms. The molecule has 3 aromatic heterocycles. The summed E-state index contributed by atoms with van der Waals surface area (Å²) in [7, 11) is 1.65. The van der Waals surface area contributed by atoms with E-state index in [-0.39, 0.29) is 0 Å². The summed E-state index contributed by atoms with van der Waals surface area (Å²) in [5, 5.41) is 19.5. The van der Waals surface area contributed by atoms with Gasteiger partial charge in [-0.1, -0.05) is 0 Å². The Morgan fingerprint density at radius 2 is 1.93 bits per heavy atom. The van der Waals surface area contributed by atoms with Gasteiger partial charge in [0.05, 0.1) is 24.2 Å². The van der Waals surface area contributed by atoms with E-state index >= 15 is 0 Å². The van der Waals surface area contributed by atoms with E-state index in [4.69, 9.17) is 4.74 Å². The van der Waals surface area contributed by atoms with Gasteiger partial charge in [-0.15, -0.1) is 10.2 Å². The SMILES string of the molecule is COc1ccc(-c2cc(NCCCNc3cccnc3)c3nncn3n2)cc1. The van der Waals surface area contributed by atoms with Crippen LogP contribution in [0.5, 0.6) is 5.75 Å². The average Bonchev–Trinajstić information content (AvgIpc) is 3.23. The molecule has 0 atom stereocenters. The zero-order valence-electron chi connectivity index (χ0n) is 15.5. The topological polar surface area (TPSA) is 89.3 Å². The van der Waals surface area contributed by atoms with Gasteiger partial charge < -0.3 is 15.4 Å². The minimum Gasteiger partial charge on any atom is -0.497 e. The summed E-state index contributed by atoms with van der Waals surface area (Å²) in [6.45, 7) is 1.64. The van der Waals surface area contributed by atoms with Crippen LogP contribution in [-0.4, -0.2) is 45.0 Å². The summed E-state index contributed by atoms with van der Waals surface area (Å²) >= 11 is 0. The van der Waals surface area contributed by atoms with Gasteiger partial charge in [-0.2, -0.15) is 9.61 Å². The Bertz CT molecular complexity index is 1030. The number of aromatic nitrogens is 5. The van der Waals surface area contributed by atoms with Crippen molar-refractivity contribution in [3.63, 3.8) is 0 Å². The lowest BCUT2D eigenvalue weighted by Gasteiger charge is -2.10. The predicted molar refractivity (Wildman–Crippen MR) is 109 cm³/mol. The van der Waals surface area contributed by atoms with Crippen molar-refractivity contribution in [2.75, 3.05) is 30.8 Å². The molecule has 0 aliphatic rings. The van der Waals surface area contributed by atoms with Crippen LogP contribution in [0.3, 0.4) is 0 Å². The summed E-state index contributed by atoms with van der Waals surface area (Å²) < 4.78 is 6.92. The molecule has 142 valence electrons. The zero-order chi connectivity index (χ0) is 19.2. The number of nitrogens with zero attached hydrogens (tertiary/aromatic N) is 5. The van der Waals surface area contributed by atoms with Gasteiger partial charge in [-0.25, -0.2) is 0 Å². The number of benzene rings is 1. The van der Waals surface area contributed by atoms with Gasteiger partial charge in [0.1, 0.15) is 12.1 Å². The second kappa shape index (κ2) is 8.34. The molecule has 3 heterocycles. The number of nitrogens with one attached hydrogen (secondary N) is 2. The number of fused-ring (bicyclic) bond motifs is 1. The van der Waals surface area contributed by atoms with Crippen molar-refractivity contribution < 1.29 is 4.74 Å². The highest BCUT2D eigenvalue weighted by Crippen LogP contribution is 2.24. The van der Waals surface area contributed by atoms with E-state index in [1.807, 2.05) is 48.7 Å². The largest absolute Gasteiger partial charge is 0.497 e. The normalized spacial score (nSPS) is 10.8. The second-order valence-corrected chi connectivity index (χ2v) is 6.22. The smallest absolute Gasteiger partial charge is 0.200 e. The van der Waals surface area contributed by atoms with Gasteiger partial charge >= 0.3 is 0 Å². The van der Waals surface area contributed by atoms with E-state index in [1.165, 1.54) is 0 Å². The molecule has 0 spiro atoms. The van der Waals surface area contributed by atoms with E-state index in [9.17, 15) is 0 Å². The van der Waals surface area contributed by atoms with Crippen molar-refractivity contribution in [1.82, 2.24) is 24.8 Å². The first-order valence-electron chi connectivity index (χ1n) is 9.07. The van der Waals surface area contributed by atoms with Crippen molar-refractivity contribution in [3.05, 3.63) is 61.2 Å². The molecule has 1 aromatic carbocycles. The molecule has 0 radical (unpaired) electrons. The van der Waals surface area contributed by atoms with Gasteiger partial charge in [0.2, 0.25) is 5.65 Å². The summed E-state index contributed by atoms with van der Waals surface area (Å²) in [5.41, 5.74) is 4.47. The zero-order valence-corrected chi connectivity index (χ0v) is 15.5. The molecular formula is C20H21N7O. The monoisotopic (exact) mass is 375 g/mol. The molecule has 0 unspecified atom stereocenters. The van der Waals surface area contributed by atoms with Crippen LogP contribution >= 0.6 is 0 Å². The van der Waals surface area contributed by atoms with Gasteiger partial charge in [0.15, 0.2) is 0 Å². The van der Waals surface area contributed by atoms with Gasteiger partial charge in [-0.3, -0.25) is 4.98 Å². The van der Waals surface area contributed by atoms with Crippen LogP contribution in [0.25, 0.3) is 16.9 Å². The Hall–Kier alpha value is -3.68. The fraction of sp³-hybridized carbons (Fsp3) is 0.200. The molecular weight excluding hydrogens is 354 g/mol. The molecule has 8 heteroatoms. The van der Waals surface area contributed by atoms with Gasteiger partial charge in [-0.05, 0) is 48.9 Å². The maximum atomic E-state index is 5.23. The highest BCUT2D eigenvalue weighted by atomic mass is 16.5. The maximum Gasteiger partial charge on any atom is 0.200 e. The van der Waals surface area contributed by atoms with E-state index in [1.54, 1.807) is 24.1 Å². The van der Waals surface area contributed by atoms with Gasteiger partial charge in [0, 0.05) is 31.0 Å². The molecule has 0 saturated carbocycles. The Kier molecular flexibility index (Phi) is 5.28. The average molecular weight is 375 g/mol. The number of ether oxygens (including phenoxy) is 1. The lowest BCUT2D eigenvalue weighted by Crippen LogP contribution is -2.10. The molecule has 0 aliphatic heterocycles. The number of rotatable bonds is 8. The Balaban J connectivity index is 1.44. The predicted octanol–water partition coefficient (Wildman–Crippen LogP) is 3.11. The van der Waals surface area contributed by atoms with E-state index in [2.05, 4.69) is 30.9 Å². The molecule has 8 nitrogen and oxygen atoms in total. The highest BCUT2D eigenvalue weighted by Gasteiger charge is 2.09. The molecule has 4 rings (SSSR count). The first kappa shape index (κ1) is 17.7. The third kappa shape index (κ3) is 4.01. The third-order valence-electron chi connectivity index (χ3n) is 4.31. The van der Waals surface area contributed by atoms with Crippen LogP contribution in [0, 0.1) is 0 Å². The van der Waals surface area contributed by atoms with Crippen LogP contribution in [-0.2, 0) is 0 Å². The summed E-state index contributed by atoms with van der Waals surface area (Å²) in [6, 6.07) is 13.7. The standard InChI is InChI=1S/C20H21N7O/c1-28-17-7-5-15(6-8-17)18-12-19(20-25-24-14-27(20)26-18)23-11-3-10-22-16-4-2-9-21-13-16/h2,4-9,12-14,22-23H,3,10-11H2,1H3. The molecule has 0 fully saturated rings. The first-order chi connectivity index (χ1) is 13.8. The van der Waals surface area contributed by atoms with Crippen molar-refractivity contribution >= 4 is 17.0 Å². The van der Waals surface area contributed by atoms with E-state index < -0.39 is 0 Å². The highest BCUT2D eigenvalue weighted by molar-refractivity contribution is 5.73. The van der Waals surface area contributed by atoms with Crippen LogP contribution in [0.1, 0.15) is 6.42 Å². The van der Waals surface area contributed by atoms with Gasteiger partial charge in [0.25, 0.3) is 0 Å². The maximum absolute atomic E-state index is 5.23. The number of hydrogen-bond donors (Lipinski definition) is 2.